The number of carbonyl (C=O) groups is 1. The largest absolute Gasteiger partial charge is 0.478 e. The van der Waals surface area contributed by atoms with Crippen molar-refractivity contribution in [2.24, 2.45) is 0 Å². The van der Waals surface area contributed by atoms with Gasteiger partial charge in [0.15, 0.2) is 17.5 Å². The van der Waals surface area contributed by atoms with Crippen LogP contribution < -0.4 is 5.73 Å². The van der Waals surface area contributed by atoms with Crippen LogP contribution in [-0.2, 0) is 0 Å². The van der Waals surface area contributed by atoms with Crippen LogP contribution in [0.4, 0.5) is 18.9 Å². The third-order valence-electron chi connectivity index (χ3n) is 1.80. The second-order valence-corrected chi connectivity index (χ2v) is 2.66. The third kappa shape index (κ3) is 1.28. The molecule has 14 heavy (non-hydrogen) atoms. The Morgan fingerprint density at radius 2 is 1.71 bits per heavy atom. The van der Waals surface area contributed by atoms with Gasteiger partial charge in [-0.2, -0.15) is 0 Å². The summed E-state index contributed by atoms with van der Waals surface area (Å²) in [5, 5.41) is 8.50. The topological polar surface area (TPSA) is 63.3 Å². The van der Waals surface area contributed by atoms with Crippen LogP contribution in [0.1, 0.15) is 15.9 Å². The number of aromatic carboxylic acids is 1. The van der Waals surface area contributed by atoms with Gasteiger partial charge in [-0.05, 0) is 6.92 Å². The van der Waals surface area contributed by atoms with E-state index in [0.29, 0.717) is 0 Å². The number of anilines is 1. The first-order valence-corrected chi connectivity index (χ1v) is 3.53. The fourth-order valence-electron chi connectivity index (χ4n) is 1.04. The molecular formula is C8H6F3NO2. The SMILES string of the molecule is Cc1c(F)c(F)c(N)c(F)c1C(=O)O. The highest BCUT2D eigenvalue weighted by Crippen LogP contribution is 2.26. The lowest BCUT2D eigenvalue weighted by Gasteiger charge is -2.07. The number of hydrogen-bond acceptors (Lipinski definition) is 2. The summed E-state index contributed by atoms with van der Waals surface area (Å²) >= 11 is 0. The van der Waals surface area contributed by atoms with E-state index >= 15 is 0 Å². The quantitative estimate of drug-likeness (QED) is 0.541. The van der Waals surface area contributed by atoms with Crippen LogP contribution in [0.3, 0.4) is 0 Å². The van der Waals surface area contributed by atoms with E-state index in [1.165, 1.54) is 0 Å². The predicted octanol–water partition coefficient (Wildman–Crippen LogP) is 1.69. The van der Waals surface area contributed by atoms with E-state index in [-0.39, 0.29) is 0 Å². The maximum Gasteiger partial charge on any atom is 0.339 e. The normalized spacial score (nSPS) is 10.3. The van der Waals surface area contributed by atoms with Crippen LogP contribution in [0.5, 0.6) is 0 Å². The average Bonchev–Trinajstić information content (AvgIpc) is 2.11. The summed E-state index contributed by atoms with van der Waals surface area (Å²) in [6.07, 6.45) is 0. The molecule has 1 aromatic rings. The molecule has 1 aromatic carbocycles. The molecule has 0 saturated carbocycles. The van der Waals surface area contributed by atoms with Gasteiger partial charge in [0.2, 0.25) is 0 Å². The van der Waals surface area contributed by atoms with Gasteiger partial charge in [-0.1, -0.05) is 0 Å². The van der Waals surface area contributed by atoms with Gasteiger partial charge in [0, 0.05) is 5.56 Å². The van der Waals surface area contributed by atoms with Crippen molar-refractivity contribution in [3.8, 4) is 0 Å². The third-order valence-corrected chi connectivity index (χ3v) is 1.80. The summed E-state index contributed by atoms with van der Waals surface area (Å²) in [5.74, 6) is -6.15. The summed E-state index contributed by atoms with van der Waals surface area (Å²) in [6, 6.07) is 0. The van der Waals surface area contributed by atoms with Crippen molar-refractivity contribution in [3.63, 3.8) is 0 Å². The zero-order chi connectivity index (χ0) is 11.0. The fraction of sp³-hybridized carbons (Fsp3) is 0.125. The molecule has 3 nitrogen and oxygen atoms in total. The van der Waals surface area contributed by atoms with Crippen molar-refractivity contribution in [1.82, 2.24) is 0 Å². The summed E-state index contributed by atoms with van der Waals surface area (Å²) in [4.78, 5) is 10.5. The van der Waals surface area contributed by atoms with Gasteiger partial charge >= 0.3 is 5.97 Å². The second-order valence-electron chi connectivity index (χ2n) is 2.66. The molecule has 0 aliphatic heterocycles. The monoisotopic (exact) mass is 205 g/mol. The first-order chi connectivity index (χ1) is 6.37. The number of nitrogens with two attached hydrogens (primary N) is 1. The molecule has 76 valence electrons. The summed E-state index contributed by atoms with van der Waals surface area (Å²) in [6.45, 7) is 0.963. The highest BCUT2D eigenvalue weighted by atomic mass is 19.2. The summed E-state index contributed by atoms with van der Waals surface area (Å²) in [7, 11) is 0. The number of carboxylic acid groups (broad SMARTS) is 1. The Bertz CT molecular complexity index is 389. The number of benzene rings is 1. The molecular weight excluding hydrogens is 199 g/mol. The Kier molecular flexibility index (Phi) is 2.37. The second kappa shape index (κ2) is 3.21. The molecule has 0 spiro atoms. The van der Waals surface area contributed by atoms with Crippen molar-refractivity contribution >= 4 is 11.7 Å². The minimum Gasteiger partial charge on any atom is -0.478 e. The first kappa shape index (κ1) is 10.4. The van der Waals surface area contributed by atoms with Crippen LogP contribution in [0.25, 0.3) is 0 Å². The summed E-state index contributed by atoms with van der Waals surface area (Å²) < 4.78 is 38.7. The van der Waals surface area contributed by atoms with Crippen molar-refractivity contribution in [2.75, 3.05) is 5.73 Å². The van der Waals surface area contributed by atoms with E-state index in [1.807, 2.05) is 0 Å². The minimum atomic E-state index is -1.69. The molecule has 0 radical (unpaired) electrons. The molecule has 0 amide bonds. The van der Waals surface area contributed by atoms with Gasteiger partial charge in [0.05, 0.1) is 0 Å². The Labute approximate surface area is 77.0 Å². The molecule has 0 fully saturated rings. The smallest absolute Gasteiger partial charge is 0.339 e. The number of hydrogen-bond donors (Lipinski definition) is 2. The average molecular weight is 205 g/mol. The Hall–Kier alpha value is -1.72. The lowest BCUT2D eigenvalue weighted by atomic mass is 10.1. The highest BCUT2D eigenvalue weighted by molar-refractivity contribution is 5.91. The molecule has 0 aliphatic rings. The molecule has 0 aliphatic carbocycles. The van der Waals surface area contributed by atoms with Crippen LogP contribution >= 0.6 is 0 Å². The fourth-order valence-corrected chi connectivity index (χ4v) is 1.04. The standard InChI is InChI=1S/C8H6F3NO2/c1-2-3(8(13)14)5(10)7(12)6(11)4(2)9/h12H2,1H3,(H,13,14). The van der Waals surface area contributed by atoms with Crippen LogP contribution in [0.15, 0.2) is 0 Å². The van der Waals surface area contributed by atoms with Crippen molar-refractivity contribution in [3.05, 3.63) is 28.6 Å². The van der Waals surface area contributed by atoms with Gasteiger partial charge in [-0.25, -0.2) is 18.0 Å². The molecule has 0 aromatic heterocycles. The summed E-state index contributed by atoms with van der Waals surface area (Å²) in [5.41, 5.74) is 2.16. The van der Waals surface area contributed by atoms with E-state index in [1.54, 1.807) is 0 Å². The minimum absolute atomic E-state index is 0.610. The highest BCUT2D eigenvalue weighted by Gasteiger charge is 2.24. The molecule has 0 atom stereocenters. The molecule has 0 bridgehead atoms. The van der Waals surface area contributed by atoms with Gasteiger partial charge in [0.1, 0.15) is 11.3 Å². The Balaban J connectivity index is 3.68. The molecule has 3 N–H and O–H groups in total. The lowest BCUT2D eigenvalue weighted by Crippen LogP contribution is -2.11. The lowest BCUT2D eigenvalue weighted by molar-refractivity contribution is 0.0690. The number of nitrogen functional groups attached to an aromatic ring is 1. The zero-order valence-corrected chi connectivity index (χ0v) is 7.07. The zero-order valence-electron chi connectivity index (χ0n) is 7.07. The molecule has 6 heteroatoms. The molecule has 0 saturated heterocycles. The van der Waals surface area contributed by atoms with E-state index in [0.717, 1.165) is 6.92 Å². The van der Waals surface area contributed by atoms with E-state index < -0.39 is 40.2 Å². The first-order valence-electron chi connectivity index (χ1n) is 3.53. The van der Waals surface area contributed by atoms with Crippen LogP contribution in [-0.4, -0.2) is 11.1 Å². The van der Waals surface area contributed by atoms with Crippen molar-refractivity contribution < 1.29 is 23.1 Å². The number of rotatable bonds is 1. The van der Waals surface area contributed by atoms with Crippen molar-refractivity contribution in [1.29, 1.82) is 0 Å². The Morgan fingerprint density at radius 1 is 1.21 bits per heavy atom. The molecule has 0 heterocycles. The van der Waals surface area contributed by atoms with E-state index in [2.05, 4.69) is 0 Å². The maximum atomic E-state index is 13.0. The van der Waals surface area contributed by atoms with Gasteiger partial charge in [0.25, 0.3) is 0 Å². The van der Waals surface area contributed by atoms with E-state index in [4.69, 9.17) is 10.8 Å². The van der Waals surface area contributed by atoms with Gasteiger partial charge < -0.3 is 10.8 Å². The number of carboxylic acids is 1. The van der Waals surface area contributed by atoms with Gasteiger partial charge in [-0.15, -0.1) is 0 Å². The number of halogens is 3. The maximum absolute atomic E-state index is 13.0. The van der Waals surface area contributed by atoms with Crippen LogP contribution in [0, 0.1) is 24.4 Å². The van der Waals surface area contributed by atoms with Gasteiger partial charge in [-0.3, -0.25) is 0 Å². The predicted molar refractivity (Wildman–Crippen MR) is 42.4 cm³/mol. The Morgan fingerprint density at radius 3 is 2.14 bits per heavy atom. The van der Waals surface area contributed by atoms with E-state index in [9.17, 15) is 18.0 Å². The molecule has 0 unspecified atom stereocenters. The van der Waals surface area contributed by atoms with Crippen molar-refractivity contribution in [2.45, 2.75) is 6.92 Å². The molecule has 1 rings (SSSR count). The van der Waals surface area contributed by atoms with Crippen LogP contribution in [0.2, 0.25) is 0 Å².